The quantitative estimate of drug-likeness (QED) is 0.620. The first-order valence-electron chi connectivity index (χ1n) is 9.67. The predicted octanol–water partition coefficient (Wildman–Crippen LogP) is 2.55. The molecule has 0 spiro atoms. The van der Waals surface area contributed by atoms with Crippen LogP contribution in [-0.4, -0.2) is 67.0 Å². The largest absolute Gasteiger partial charge is 0.462 e. The fourth-order valence-electron chi connectivity index (χ4n) is 3.10. The normalized spacial score (nSPS) is 14.2. The van der Waals surface area contributed by atoms with E-state index in [-0.39, 0.29) is 24.3 Å². The summed E-state index contributed by atoms with van der Waals surface area (Å²) in [6.45, 7) is 4.60. The molecule has 0 saturated carbocycles. The van der Waals surface area contributed by atoms with Gasteiger partial charge in [0.05, 0.1) is 27.4 Å². The summed E-state index contributed by atoms with van der Waals surface area (Å²) in [7, 11) is 0. The molecule has 8 nitrogen and oxygen atoms in total. The summed E-state index contributed by atoms with van der Waals surface area (Å²) >= 11 is 4.65. The average Bonchev–Trinajstić information content (AvgIpc) is 3.04. The number of anilines is 1. The summed E-state index contributed by atoms with van der Waals surface area (Å²) in [6.07, 6.45) is 2.30. The molecule has 0 aliphatic carbocycles. The molecule has 0 unspecified atom stereocenters. The standard InChI is InChI=1S/C20H23BrN4O4S/c1-2-29-20(28)14-4-7-17(22-12-14)24-8-3-9-25(11-10-24)18(26)13-23-19(27)15-5-6-16(21)30-15/h4-7,12H,2-3,8-11,13H2,1H3,(H,23,27). The molecule has 1 saturated heterocycles. The molecule has 0 atom stereocenters. The van der Waals surface area contributed by atoms with E-state index in [1.165, 1.54) is 17.5 Å². The maximum atomic E-state index is 12.5. The Kier molecular flexibility index (Phi) is 7.81. The van der Waals surface area contributed by atoms with Crippen molar-refractivity contribution in [2.45, 2.75) is 13.3 Å². The zero-order valence-electron chi connectivity index (χ0n) is 16.6. The first kappa shape index (κ1) is 22.2. The van der Waals surface area contributed by atoms with Crippen molar-refractivity contribution in [2.24, 2.45) is 0 Å². The average molecular weight is 495 g/mol. The van der Waals surface area contributed by atoms with Gasteiger partial charge in [-0.25, -0.2) is 9.78 Å². The molecule has 2 aromatic rings. The van der Waals surface area contributed by atoms with E-state index < -0.39 is 0 Å². The van der Waals surface area contributed by atoms with E-state index in [0.717, 1.165) is 22.6 Å². The number of nitrogens with zero attached hydrogens (tertiary/aromatic N) is 3. The maximum Gasteiger partial charge on any atom is 0.339 e. The number of ether oxygens (including phenoxy) is 1. The predicted molar refractivity (Wildman–Crippen MR) is 118 cm³/mol. The Morgan fingerprint density at radius 3 is 2.67 bits per heavy atom. The molecule has 160 valence electrons. The van der Waals surface area contributed by atoms with Crippen LogP contribution < -0.4 is 10.2 Å². The molecule has 1 aliphatic rings. The molecular formula is C20H23BrN4O4S. The van der Waals surface area contributed by atoms with Crippen molar-refractivity contribution in [3.05, 3.63) is 44.7 Å². The molecule has 2 amide bonds. The van der Waals surface area contributed by atoms with E-state index in [1.54, 1.807) is 36.1 Å². The highest BCUT2D eigenvalue weighted by Gasteiger charge is 2.21. The second-order valence-corrected chi connectivity index (χ2v) is 9.10. The van der Waals surface area contributed by atoms with Gasteiger partial charge in [0, 0.05) is 32.4 Å². The van der Waals surface area contributed by atoms with E-state index >= 15 is 0 Å². The van der Waals surface area contributed by atoms with E-state index in [0.29, 0.717) is 36.7 Å². The molecule has 1 aliphatic heterocycles. The maximum absolute atomic E-state index is 12.5. The molecule has 0 bridgehead atoms. The minimum Gasteiger partial charge on any atom is -0.462 e. The molecule has 0 radical (unpaired) electrons. The van der Waals surface area contributed by atoms with Gasteiger partial charge < -0.3 is 19.9 Å². The molecule has 2 aromatic heterocycles. The highest BCUT2D eigenvalue weighted by Crippen LogP contribution is 2.21. The number of nitrogens with one attached hydrogen (secondary N) is 1. The van der Waals surface area contributed by atoms with Crippen LogP contribution in [0.1, 0.15) is 33.4 Å². The van der Waals surface area contributed by atoms with Crippen LogP contribution in [0.5, 0.6) is 0 Å². The van der Waals surface area contributed by atoms with Crippen molar-refractivity contribution < 1.29 is 19.1 Å². The number of rotatable bonds is 6. The number of aromatic nitrogens is 1. The Morgan fingerprint density at radius 2 is 2.00 bits per heavy atom. The highest BCUT2D eigenvalue weighted by molar-refractivity contribution is 9.11. The lowest BCUT2D eigenvalue weighted by molar-refractivity contribution is -0.129. The van der Waals surface area contributed by atoms with Crippen molar-refractivity contribution in [3.8, 4) is 0 Å². The molecule has 3 heterocycles. The number of hydrogen-bond acceptors (Lipinski definition) is 7. The number of thiophene rings is 1. The fourth-order valence-corrected chi connectivity index (χ4v) is 4.40. The van der Waals surface area contributed by atoms with Crippen LogP contribution in [0.15, 0.2) is 34.2 Å². The topological polar surface area (TPSA) is 91.8 Å². The van der Waals surface area contributed by atoms with Crippen molar-refractivity contribution in [1.29, 1.82) is 0 Å². The van der Waals surface area contributed by atoms with Crippen LogP contribution in [0.3, 0.4) is 0 Å². The van der Waals surface area contributed by atoms with Gasteiger partial charge in [-0.1, -0.05) is 0 Å². The number of pyridine rings is 1. The summed E-state index contributed by atoms with van der Waals surface area (Å²) < 4.78 is 5.85. The first-order valence-corrected chi connectivity index (χ1v) is 11.3. The number of hydrogen-bond donors (Lipinski definition) is 1. The van der Waals surface area contributed by atoms with Crippen LogP contribution in [0, 0.1) is 0 Å². The van der Waals surface area contributed by atoms with Crippen molar-refractivity contribution in [1.82, 2.24) is 15.2 Å². The molecule has 1 fully saturated rings. The van der Waals surface area contributed by atoms with Crippen molar-refractivity contribution >= 4 is 50.9 Å². The molecule has 1 N–H and O–H groups in total. The third-order valence-corrected chi connectivity index (χ3v) is 6.25. The SMILES string of the molecule is CCOC(=O)c1ccc(N2CCCN(C(=O)CNC(=O)c3ccc(Br)s3)CC2)nc1. The van der Waals surface area contributed by atoms with Gasteiger partial charge in [-0.15, -0.1) is 11.3 Å². The van der Waals surface area contributed by atoms with Gasteiger partial charge in [-0.2, -0.15) is 0 Å². The van der Waals surface area contributed by atoms with Gasteiger partial charge in [-0.05, 0) is 53.5 Å². The Hall–Kier alpha value is -2.46. The van der Waals surface area contributed by atoms with Gasteiger partial charge in [0.2, 0.25) is 5.91 Å². The minimum atomic E-state index is -0.388. The van der Waals surface area contributed by atoms with Gasteiger partial charge in [0.1, 0.15) is 5.82 Å². The van der Waals surface area contributed by atoms with Crippen molar-refractivity contribution in [2.75, 3.05) is 44.2 Å². The second-order valence-electron chi connectivity index (χ2n) is 6.63. The van der Waals surface area contributed by atoms with Gasteiger partial charge >= 0.3 is 5.97 Å². The summed E-state index contributed by atoms with van der Waals surface area (Å²) in [5, 5.41) is 2.69. The van der Waals surface area contributed by atoms with E-state index in [2.05, 4.69) is 31.1 Å². The molecule has 0 aromatic carbocycles. The Morgan fingerprint density at radius 1 is 1.17 bits per heavy atom. The number of carbonyl (C=O) groups excluding carboxylic acids is 3. The monoisotopic (exact) mass is 494 g/mol. The van der Waals surface area contributed by atoms with E-state index in [9.17, 15) is 14.4 Å². The Balaban J connectivity index is 1.51. The summed E-state index contributed by atoms with van der Waals surface area (Å²) in [5.41, 5.74) is 0.417. The lowest BCUT2D eigenvalue weighted by Crippen LogP contribution is -2.42. The Bertz CT molecular complexity index is 902. The van der Waals surface area contributed by atoms with Crippen LogP contribution >= 0.6 is 27.3 Å². The number of carbonyl (C=O) groups is 3. The van der Waals surface area contributed by atoms with E-state index in [4.69, 9.17) is 4.74 Å². The van der Waals surface area contributed by atoms with Crippen LogP contribution in [0.2, 0.25) is 0 Å². The van der Waals surface area contributed by atoms with Gasteiger partial charge in [-0.3, -0.25) is 9.59 Å². The first-order chi connectivity index (χ1) is 14.5. The number of halogens is 1. The van der Waals surface area contributed by atoms with Crippen LogP contribution in [-0.2, 0) is 9.53 Å². The molecule has 3 rings (SSSR count). The smallest absolute Gasteiger partial charge is 0.339 e. The third-order valence-electron chi connectivity index (χ3n) is 4.63. The third kappa shape index (κ3) is 5.79. The Labute approximate surface area is 187 Å². The number of amides is 2. The summed E-state index contributed by atoms with van der Waals surface area (Å²) in [5.74, 6) is 0.0166. The van der Waals surface area contributed by atoms with E-state index in [1.807, 2.05) is 0 Å². The van der Waals surface area contributed by atoms with Crippen molar-refractivity contribution in [3.63, 3.8) is 0 Å². The highest BCUT2D eigenvalue weighted by atomic mass is 79.9. The zero-order chi connectivity index (χ0) is 21.5. The zero-order valence-corrected chi connectivity index (χ0v) is 19.0. The lowest BCUT2D eigenvalue weighted by atomic mass is 10.2. The van der Waals surface area contributed by atoms with Crippen LogP contribution in [0.4, 0.5) is 5.82 Å². The fraction of sp³-hybridized carbons (Fsp3) is 0.400. The second kappa shape index (κ2) is 10.5. The van der Waals surface area contributed by atoms with Crippen LogP contribution in [0.25, 0.3) is 0 Å². The summed E-state index contributed by atoms with van der Waals surface area (Å²) in [6, 6.07) is 7.02. The lowest BCUT2D eigenvalue weighted by Gasteiger charge is -2.23. The molecular weight excluding hydrogens is 472 g/mol. The molecule has 10 heteroatoms. The molecule has 30 heavy (non-hydrogen) atoms. The minimum absolute atomic E-state index is 0.0269. The van der Waals surface area contributed by atoms with Gasteiger partial charge in [0.15, 0.2) is 0 Å². The number of esters is 1. The summed E-state index contributed by atoms with van der Waals surface area (Å²) in [4.78, 5) is 45.2. The van der Waals surface area contributed by atoms with Gasteiger partial charge in [0.25, 0.3) is 5.91 Å².